The van der Waals surface area contributed by atoms with Gasteiger partial charge in [-0.1, -0.05) is 32.0 Å². The number of halogens is 2. The van der Waals surface area contributed by atoms with Gasteiger partial charge in [0.1, 0.15) is 0 Å². The van der Waals surface area contributed by atoms with E-state index in [0.29, 0.717) is 11.3 Å². The van der Waals surface area contributed by atoms with E-state index in [-0.39, 0.29) is 30.7 Å². The van der Waals surface area contributed by atoms with Crippen LogP contribution in [0.1, 0.15) is 29.8 Å². The maximum Gasteiger partial charge on any atom is 0.255 e. The number of carbonyl (C=O) groups is 1. The molecule has 24 heavy (non-hydrogen) atoms. The Hall–Kier alpha value is -1.75. The first kappa shape index (κ1) is 22.2. The number of hydrogen-bond acceptors (Lipinski definition) is 3. The van der Waals surface area contributed by atoms with Gasteiger partial charge in [-0.2, -0.15) is 0 Å². The van der Waals surface area contributed by atoms with Gasteiger partial charge in [-0.05, 0) is 49.0 Å². The summed E-state index contributed by atoms with van der Waals surface area (Å²) < 4.78 is 0. The molecule has 0 atom stereocenters. The molecule has 0 saturated carbocycles. The van der Waals surface area contributed by atoms with Crippen LogP contribution in [0, 0.1) is 0 Å². The third-order valence-corrected chi connectivity index (χ3v) is 3.63. The molecule has 0 aromatic heterocycles. The fourth-order valence-corrected chi connectivity index (χ4v) is 2.34. The first-order chi connectivity index (χ1) is 10.6. The van der Waals surface area contributed by atoms with Crippen molar-refractivity contribution in [1.29, 1.82) is 0 Å². The highest BCUT2D eigenvalue weighted by molar-refractivity contribution is 6.04. The van der Waals surface area contributed by atoms with Gasteiger partial charge in [-0.25, -0.2) is 0 Å². The summed E-state index contributed by atoms with van der Waals surface area (Å²) in [6.07, 6.45) is 0. The molecule has 0 fully saturated rings. The largest absolute Gasteiger partial charge is 0.399 e. The molecule has 132 valence electrons. The van der Waals surface area contributed by atoms with Crippen molar-refractivity contribution in [2.24, 2.45) is 0 Å². The minimum Gasteiger partial charge on any atom is -0.399 e. The van der Waals surface area contributed by atoms with Gasteiger partial charge in [0.15, 0.2) is 0 Å². The molecule has 2 aromatic rings. The Morgan fingerprint density at radius 1 is 1.04 bits per heavy atom. The van der Waals surface area contributed by atoms with Gasteiger partial charge >= 0.3 is 0 Å². The minimum absolute atomic E-state index is 0. The van der Waals surface area contributed by atoms with Gasteiger partial charge in [0, 0.05) is 23.5 Å². The Labute approximate surface area is 156 Å². The Morgan fingerprint density at radius 3 is 2.33 bits per heavy atom. The number of amides is 1. The number of nitrogens with one attached hydrogen (secondary N) is 1. The number of hydrogen-bond donors (Lipinski definition) is 2. The first-order valence-electron chi connectivity index (χ1n) is 7.60. The van der Waals surface area contributed by atoms with Crippen LogP contribution in [-0.2, 0) is 6.54 Å². The Kier molecular flexibility index (Phi) is 10.1. The second-order valence-corrected chi connectivity index (χ2v) is 5.24. The van der Waals surface area contributed by atoms with Crippen LogP contribution in [0.3, 0.4) is 0 Å². The second-order valence-electron chi connectivity index (χ2n) is 5.24. The lowest BCUT2D eigenvalue weighted by atomic mass is 10.1. The van der Waals surface area contributed by atoms with E-state index in [0.717, 1.165) is 25.3 Å². The molecule has 1 amide bonds. The second kappa shape index (κ2) is 10.9. The molecule has 2 aromatic carbocycles. The van der Waals surface area contributed by atoms with E-state index in [4.69, 9.17) is 5.73 Å². The summed E-state index contributed by atoms with van der Waals surface area (Å²) in [5, 5.41) is 2.92. The summed E-state index contributed by atoms with van der Waals surface area (Å²) in [5.41, 5.74) is 8.86. The van der Waals surface area contributed by atoms with Crippen LogP contribution in [0.15, 0.2) is 48.5 Å². The van der Waals surface area contributed by atoms with Crippen molar-refractivity contribution >= 4 is 42.1 Å². The zero-order valence-electron chi connectivity index (χ0n) is 14.0. The lowest BCUT2D eigenvalue weighted by Gasteiger charge is -2.18. The van der Waals surface area contributed by atoms with Crippen molar-refractivity contribution < 1.29 is 4.79 Å². The van der Waals surface area contributed by atoms with Gasteiger partial charge in [-0.3, -0.25) is 9.69 Å². The maximum absolute atomic E-state index is 12.2. The van der Waals surface area contributed by atoms with E-state index < -0.39 is 0 Å². The highest BCUT2D eigenvalue weighted by atomic mass is 35.5. The monoisotopic (exact) mass is 369 g/mol. The van der Waals surface area contributed by atoms with Crippen molar-refractivity contribution in [3.63, 3.8) is 0 Å². The maximum atomic E-state index is 12.2. The molecule has 3 N–H and O–H groups in total. The van der Waals surface area contributed by atoms with Crippen molar-refractivity contribution in [2.45, 2.75) is 20.4 Å². The lowest BCUT2D eigenvalue weighted by Crippen LogP contribution is -2.22. The molecule has 0 aliphatic carbocycles. The average Bonchev–Trinajstić information content (AvgIpc) is 2.53. The van der Waals surface area contributed by atoms with Gasteiger partial charge in [0.05, 0.1) is 0 Å². The normalized spacial score (nSPS) is 9.79. The Bertz CT molecular complexity index is 646. The number of rotatable bonds is 6. The fraction of sp³-hybridized carbons (Fsp3) is 0.278. The minimum atomic E-state index is -0.146. The summed E-state index contributed by atoms with van der Waals surface area (Å²) in [6, 6.07) is 14.9. The molecule has 0 bridgehead atoms. The highest BCUT2D eigenvalue weighted by Crippen LogP contribution is 2.15. The fourth-order valence-electron chi connectivity index (χ4n) is 2.34. The number of nitrogens with two attached hydrogens (primary N) is 1. The number of nitrogens with zero attached hydrogens (tertiary/aromatic N) is 1. The predicted molar refractivity (Wildman–Crippen MR) is 106 cm³/mol. The number of carbonyl (C=O) groups excluding carboxylic acids is 1. The standard InChI is InChI=1S/C18H23N3O.2ClH/c1-3-21(4-2)13-14-7-5-10-17(11-14)20-18(22)15-8-6-9-16(19)12-15;;/h5-12H,3-4,13,19H2,1-2H3,(H,20,22);2*1H. The van der Waals surface area contributed by atoms with Crippen molar-refractivity contribution in [3.8, 4) is 0 Å². The third-order valence-electron chi connectivity index (χ3n) is 3.63. The summed E-state index contributed by atoms with van der Waals surface area (Å²) in [4.78, 5) is 14.6. The number of anilines is 2. The third kappa shape index (κ3) is 6.40. The highest BCUT2D eigenvalue weighted by Gasteiger charge is 2.07. The van der Waals surface area contributed by atoms with Gasteiger partial charge in [-0.15, -0.1) is 24.8 Å². The van der Waals surface area contributed by atoms with E-state index >= 15 is 0 Å². The van der Waals surface area contributed by atoms with E-state index in [2.05, 4.69) is 30.1 Å². The molecule has 6 heteroatoms. The van der Waals surface area contributed by atoms with Crippen LogP contribution in [0.4, 0.5) is 11.4 Å². The zero-order chi connectivity index (χ0) is 15.9. The van der Waals surface area contributed by atoms with Crippen LogP contribution in [0.25, 0.3) is 0 Å². The molecule has 0 unspecified atom stereocenters. The topological polar surface area (TPSA) is 58.4 Å². The smallest absolute Gasteiger partial charge is 0.255 e. The van der Waals surface area contributed by atoms with E-state index in [1.54, 1.807) is 24.3 Å². The predicted octanol–water partition coefficient (Wildman–Crippen LogP) is 4.21. The Morgan fingerprint density at radius 2 is 1.71 bits per heavy atom. The number of benzene rings is 2. The molecule has 2 rings (SSSR count). The van der Waals surface area contributed by atoms with Gasteiger partial charge < -0.3 is 11.1 Å². The SMILES string of the molecule is CCN(CC)Cc1cccc(NC(=O)c2cccc(N)c2)c1.Cl.Cl. The van der Waals surface area contributed by atoms with E-state index in [1.165, 1.54) is 5.56 Å². The quantitative estimate of drug-likeness (QED) is 0.749. The van der Waals surface area contributed by atoms with E-state index in [1.807, 2.05) is 18.2 Å². The summed E-state index contributed by atoms with van der Waals surface area (Å²) in [6.45, 7) is 7.20. The molecule has 0 saturated heterocycles. The first-order valence-corrected chi connectivity index (χ1v) is 7.60. The van der Waals surface area contributed by atoms with Crippen molar-refractivity contribution in [2.75, 3.05) is 24.1 Å². The molecule has 0 radical (unpaired) electrons. The van der Waals surface area contributed by atoms with Crippen LogP contribution >= 0.6 is 24.8 Å². The van der Waals surface area contributed by atoms with Gasteiger partial charge in [0.2, 0.25) is 0 Å². The molecule has 0 heterocycles. The van der Waals surface area contributed by atoms with Crippen LogP contribution in [0.2, 0.25) is 0 Å². The summed E-state index contributed by atoms with van der Waals surface area (Å²) >= 11 is 0. The summed E-state index contributed by atoms with van der Waals surface area (Å²) in [5.74, 6) is -0.146. The van der Waals surface area contributed by atoms with Crippen molar-refractivity contribution in [1.82, 2.24) is 4.90 Å². The van der Waals surface area contributed by atoms with Gasteiger partial charge in [0.25, 0.3) is 5.91 Å². The molecule has 4 nitrogen and oxygen atoms in total. The number of nitrogen functional groups attached to an aromatic ring is 1. The molecule has 0 aliphatic rings. The average molecular weight is 370 g/mol. The molecular formula is C18H25Cl2N3O. The molecular weight excluding hydrogens is 345 g/mol. The van der Waals surface area contributed by atoms with Crippen LogP contribution in [-0.4, -0.2) is 23.9 Å². The zero-order valence-corrected chi connectivity index (χ0v) is 15.6. The molecule has 0 spiro atoms. The lowest BCUT2D eigenvalue weighted by molar-refractivity contribution is 0.102. The summed E-state index contributed by atoms with van der Waals surface area (Å²) in [7, 11) is 0. The Balaban J connectivity index is 0.00000264. The van der Waals surface area contributed by atoms with Crippen molar-refractivity contribution in [3.05, 3.63) is 59.7 Å². The van der Waals surface area contributed by atoms with Crippen LogP contribution in [0.5, 0.6) is 0 Å². The molecule has 0 aliphatic heterocycles. The van der Waals surface area contributed by atoms with E-state index in [9.17, 15) is 4.79 Å². The van der Waals surface area contributed by atoms with Crippen LogP contribution < -0.4 is 11.1 Å².